The summed E-state index contributed by atoms with van der Waals surface area (Å²) in [6, 6.07) is -0.0887. The van der Waals surface area contributed by atoms with Crippen LogP contribution in [0.2, 0.25) is 0 Å². The molecule has 106 valence electrons. The predicted molar refractivity (Wildman–Crippen MR) is 73.1 cm³/mol. The van der Waals surface area contributed by atoms with Crippen LogP contribution in [-0.2, 0) is 11.3 Å². The Morgan fingerprint density at radius 2 is 2.42 bits per heavy atom. The fourth-order valence-electron chi connectivity index (χ4n) is 2.12. The third-order valence-electron chi connectivity index (χ3n) is 2.98. The maximum absolute atomic E-state index is 11.5. The summed E-state index contributed by atoms with van der Waals surface area (Å²) in [5, 5.41) is 9.76. The summed E-state index contributed by atoms with van der Waals surface area (Å²) in [6.45, 7) is 5.42. The van der Waals surface area contributed by atoms with Crippen molar-refractivity contribution in [2.24, 2.45) is 0 Å². The molecule has 0 saturated carbocycles. The van der Waals surface area contributed by atoms with Gasteiger partial charge in [0.2, 0.25) is 0 Å². The first kappa shape index (κ1) is 13.9. The van der Waals surface area contributed by atoms with E-state index in [4.69, 9.17) is 4.74 Å². The molecule has 1 aliphatic heterocycles. The Balaban J connectivity index is 1.82. The van der Waals surface area contributed by atoms with E-state index in [9.17, 15) is 4.79 Å². The zero-order chi connectivity index (χ0) is 13.7. The molecule has 6 nitrogen and oxygen atoms in total. The summed E-state index contributed by atoms with van der Waals surface area (Å²) >= 11 is 0. The Bertz CT molecular complexity index is 411. The zero-order valence-corrected chi connectivity index (χ0v) is 11.6. The second-order valence-corrected chi connectivity index (χ2v) is 5.19. The minimum Gasteiger partial charge on any atom is -0.376 e. The maximum atomic E-state index is 11.5. The third kappa shape index (κ3) is 4.55. The van der Waals surface area contributed by atoms with Gasteiger partial charge in [-0.15, -0.1) is 0 Å². The summed E-state index contributed by atoms with van der Waals surface area (Å²) in [6.07, 6.45) is 7.17. The fraction of sp³-hybridized carbons (Fsp3) is 0.692. The lowest BCUT2D eigenvalue weighted by atomic mass is 10.1. The van der Waals surface area contributed by atoms with Gasteiger partial charge in [-0.3, -0.25) is 4.68 Å². The summed E-state index contributed by atoms with van der Waals surface area (Å²) in [7, 11) is 0. The van der Waals surface area contributed by atoms with E-state index in [1.807, 2.05) is 24.7 Å². The van der Waals surface area contributed by atoms with Gasteiger partial charge < -0.3 is 15.4 Å². The molecule has 1 saturated heterocycles. The molecule has 0 bridgehead atoms. The van der Waals surface area contributed by atoms with Crippen molar-refractivity contribution in [2.45, 2.75) is 51.8 Å². The average molecular weight is 266 g/mol. The number of hydrogen-bond acceptors (Lipinski definition) is 3. The number of aromatic nitrogens is 2. The second kappa shape index (κ2) is 6.56. The van der Waals surface area contributed by atoms with E-state index >= 15 is 0 Å². The van der Waals surface area contributed by atoms with Gasteiger partial charge in [0.05, 0.1) is 24.5 Å². The van der Waals surface area contributed by atoms with Gasteiger partial charge in [-0.1, -0.05) is 0 Å². The minimum absolute atomic E-state index is 0.116. The highest BCUT2D eigenvalue weighted by Crippen LogP contribution is 2.15. The summed E-state index contributed by atoms with van der Waals surface area (Å²) in [4.78, 5) is 11.5. The molecule has 19 heavy (non-hydrogen) atoms. The highest BCUT2D eigenvalue weighted by atomic mass is 16.5. The van der Waals surface area contributed by atoms with E-state index in [2.05, 4.69) is 15.7 Å². The molecule has 0 aromatic carbocycles. The Morgan fingerprint density at radius 3 is 3.11 bits per heavy atom. The Labute approximate surface area is 113 Å². The normalized spacial score (nSPS) is 19.4. The lowest BCUT2D eigenvalue weighted by Gasteiger charge is -2.22. The average Bonchev–Trinajstić information content (AvgIpc) is 2.76. The smallest absolute Gasteiger partial charge is 0.319 e. The molecular formula is C13H22N4O2. The molecule has 1 aromatic rings. The number of urea groups is 1. The number of carbonyl (C=O) groups is 1. The molecule has 2 amide bonds. The number of nitrogens with one attached hydrogen (secondary N) is 2. The van der Waals surface area contributed by atoms with Crippen LogP contribution in [0.25, 0.3) is 0 Å². The number of amides is 2. The van der Waals surface area contributed by atoms with Crippen LogP contribution in [0.5, 0.6) is 0 Å². The molecule has 1 unspecified atom stereocenters. The fourth-order valence-corrected chi connectivity index (χ4v) is 2.12. The van der Waals surface area contributed by atoms with Crippen LogP contribution in [0, 0.1) is 0 Å². The van der Waals surface area contributed by atoms with Gasteiger partial charge in [0.1, 0.15) is 0 Å². The molecule has 0 aliphatic carbocycles. The minimum atomic E-state index is -0.205. The number of hydrogen-bond donors (Lipinski definition) is 2. The zero-order valence-electron chi connectivity index (χ0n) is 11.6. The first-order chi connectivity index (χ1) is 9.13. The van der Waals surface area contributed by atoms with Crippen LogP contribution in [0.3, 0.4) is 0 Å². The Hall–Kier alpha value is -1.56. The first-order valence-electron chi connectivity index (χ1n) is 6.85. The topological polar surface area (TPSA) is 68.2 Å². The molecule has 0 radical (unpaired) electrons. The predicted octanol–water partition coefficient (Wildman–Crippen LogP) is 1.98. The van der Waals surface area contributed by atoms with E-state index in [1.165, 1.54) is 6.42 Å². The Kier molecular flexibility index (Phi) is 4.79. The van der Waals surface area contributed by atoms with Crippen molar-refractivity contribution in [1.82, 2.24) is 15.1 Å². The quantitative estimate of drug-likeness (QED) is 0.875. The van der Waals surface area contributed by atoms with Gasteiger partial charge in [-0.25, -0.2) is 4.79 Å². The molecule has 0 spiro atoms. The monoisotopic (exact) mass is 266 g/mol. The van der Waals surface area contributed by atoms with Crippen LogP contribution in [0.4, 0.5) is 10.5 Å². The number of nitrogens with zero attached hydrogens (tertiary/aromatic N) is 2. The van der Waals surface area contributed by atoms with Crippen molar-refractivity contribution >= 4 is 11.7 Å². The van der Waals surface area contributed by atoms with E-state index in [1.54, 1.807) is 6.20 Å². The van der Waals surface area contributed by atoms with Crippen LogP contribution in [-0.4, -0.2) is 34.6 Å². The van der Waals surface area contributed by atoms with Crippen molar-refractivity contribution in [2.75, 3.05) is 11.9 Å². The molecule has 1 fully saturated rings. The van der Waals surface area contributed by atoms with Crippen LogP contribution in [0.15, 0.2) is 12.4 Å². The SMILES string of the molecule is CC(C)NC(=O)Nc1cnn(CC2CCCCO2)c1. The summed E-state index contributed by atoms with van der Waals surface area (Å²) in [5.74, 6) is 0. The lowest BCUT2D eigenvalue weighted by Crippen LogP contribution is -2.34. The van der Waals surface area contributed by atoms with E-state index < -0.39 is 0 Å². The van der Waals surface area contributed by atoms with E-state index in [-0.39, 0.29) is 18.2 Å². The standard InChI is InChI=1S/C13H22N4O2/c1-10(2)15-13(18)16-11-7-14-17(8-11)9-12-5-3-4-6-19-12/h7-8,10,12H,3-6,9H2,1-2H3,(H2,15,16,18). The van der Waals surface area contributed by atoms with Crippen molar-refractivity contribution in [3.63, 3.8) is 0 Å². The molecule has 1 aliphatic rings. The molecule has 2 heterocycles. The van der Waals surface area contributed by atoms with Crippen LogP contribution >= 0.6 is 0 Å². The maximum Gasteiger partial charge on any atom is 0.319 e. The molecule has 2 rings (SSSR count). The summed E-state index contributed by atoms with van der Waals surface area (Å²) in [5.41, 5.74) is 0.703. The van der Waals surface area contributed by atoms with Crippen molar-refractivity contribution in [3.8, 4) is 0 Å². The highest BCUT2D eigenvalue weighted by molar-refractivity contribution is 5.89. The van der Waals surface area contributed by atoms with Crippen molar-refractivity contribution in [1.29, 1.82) is 0 Å². The van der Waals surface area contributed by atoms with E-state index in [0.29, 0.717) is 5.69 Å². The number of ether oxygens (including phenoxy) is 1. The van der Waals surface area contributed by atoms with Gasteiger partial charge in [-0.2, -0.15) is 5.10 Å². The van der Waals surface area contributed by atoms with Gasteiger partial charge in [-0.05, 0) is 33.1 Å². The van der Waals surface area contributed by atoms with Gasteiger partial charge in [0.25, 0.3) is 0 Å². The highest BCUT2D eigenvalue weighted by Gasteiger charge is 2.15. The van der Waals surface area contributed by atoms with Crippen molar-refractivity contribution < 1.29 is 9.53 Å². The lowest BCUT2D eigenvalue weighted by molar-refractivity contribution is 0.00401. The molecule has 2 N–H and O–H groups in total. The molecular weight excluding hydrogens is 244 g/mol. The first-order valence-corrected chi connectivity index (χ1v) is 6.85. The summed E-state index contributed by atoms with van der Waals surface area (Å²) < 4.78 is 7.48. The molecule has 1 aromatic heterocycles. The van der Waals surface area contributed by atoms with Gasteiger partial charge in [0, 0.05) is 18.8 Å². The van der Waals surface area contributed by atoms with Crippen LogP contribution < -0.4 is 10.6 Å². The second-order valence-electron chi connectivity index (χ2n) is 5.19. The third-order valence-corrected chi connectivity index (χ3v) is 2.98. The Morgan fingerprint density at radius 1 is 1.58 bits per heavy atom. The molecule has 6 heteroatoms. The van der Waals surface area contributed by atoms with Gasteiger partial charge in [0.15, 0.2) is 0 Å². The van der Waals surface area contributed by atoms with Crippen LogP contribution in [0.1, 0.15) is 33.1 Å². The van der Waals surface area contributed by atoms with Crippen molar-refractivity contribution in [3.05, 3.63) is 12.4 Å². The van der Waals surface area contributed by atoms with E-state index in [0.717, 1.165) is 26.0 Å². The van der Waals surface area contributed by atoms with Gasteiger partial charge >= 0.3 is 6.03 Å². The number of carbonyl (C=O) groups excluding carboxylic acids is 1. The number of rotatable bonds is 4. The number of anilines is 1. The largest absolute Gasteiger partial charge is 0.376 e. The molecule has 1 atom stereocenters.